The van der Waals surface area contributed by atoms with Crippen molar-refractivity contribution in [2.75, 3.05) is 0 Å². The van der Waals surface area contributed by atoms with Crippen LogP contribution in [0.1, 0.15) is 26.3 Å². The molecule has 0 spiro atoms. The zero-order chi connectivity index (χ0) is 10.4. The molecule has 13 heavy (non-hydrogen) atoms. The maximum Gasteiger partial charge on any atom is 0.168 e. The van der Waals surface area contributed by atoms with E-state index in [1.807, 2.05) is 20.8 Å². The summed E-state index contributed by atoms with van der Waals surface area (Å²) >= 11 is 0. The number of phenolic OH excluding ortho intramolecular Hbond substituents is 1. The van der Waals surface area contributed by atoms with Gasteiger partial charge in [-0.3, -0.25) is 0 Å². The van der Waals surface area contributed by atoms with E-state index in [0.29, 0.717) is 17.3 Å². The Labute approximate surface area is 81.2 Å². The Bertz CT molecular complexity index is 274. The molecule has 1 nitrogen and oxygen atoms in total. The third-order valence-electron chi connectivity index (χ3n) is 1.61. The van der Waals surface area contributed by atoms with Gasteiger partial charge in [0, 0.05) is 5.30 Å². The molecule has 0 aromatic heterocycles. The summed E-state index contributed by atoms with van der Waals surface area (Å²) in [6.45, 7) is 5.85. The molecule has 0 aliphatic carbocycles. The first kappa shape index (κ1) is 12.4. The SMILES string of the molecule is CC.CCc1ccc(P)c(O)c1F. The Balaban J connectivity index is 0.000000671. The fourth-order valence-corrected chi connectivity index (χ4v) is 1.12. The first-order valence-electron chi connectivity index (χ1n) is 4.42. The summed E-state index contributed by atoms with van der Waals surface area (Å²) in [5.74, 6) is -0.755. The lowest BCUT2D eigenvalue weighted by Crippen LogP contribution is -1.98. The lowest BCUT2D eigenvalue weighted by atomic mass is 10.1. The Morgan fingerprint density at radius 1 is 1.38 bits per heavy atom. The van der Waals surface area contributed by atoms with Crippen molar-refractivity contribution >= 4 is 14.5 Å². The Hall–Kier alpha value is -0.620. The number of hydrogen-bond acceptors (Lipinski definition) is 1. The van der Waals surface area contributed by atoms with E-state index < -0.39 is 5.82 Å². The number of rotatable bonds is 1. The van der Waals surface area contributed by atoms with Gasteiger partial charge in [0.1, 0.15) is 0 Å². The van der Waals surface area contributed by atoms with E-state index in [1.54, 1.807) is 12.1 Å². The van der Waals surface area contributed by atoms with Gasteiger partial charge < -0.3 is 5.11 Å². The smallest absolute Gasteiger partial charge is 0.168 e. The van der Waals surface area contributed by atoms with Gasteiger partial charge in [-0.15, -0.1) is 9.24 Å². The van der Waals surface area contributed by atoms with Crippen LogP contribution in [0.15, 0.2) is 12.1 Å². The van der Waals surface area contributed by atoms with Gasteiger partial charge in [0.2, 0.25) is 0 Å². The van der Waals surface area contributed by atoms with Crippen LogP contribution in [-0.4, -0.2) is 5.11 Å². The predicted octanol–water partition coefficient (Wildman–Crippen LogP) is 2.62. The summed E-state index contributed by atoms with van der Waals surface area (Å²) in [5, 5.41) is 9.62. The minimum absolute atomic E-state index is 0.255. The van der Waals surface area contributed by atoms with E-state index in [2.05, 4.69) is 9.24 Å². The molecule has 1 atom stereocenters. The quantitative estimate of drug-likeness (QED) is 0.694. The van der Waals surface area contributed by atoms with E-state index in [9.17, 15) is 4.39 Å². The van der Waals surface area contributed by atoms with Crippen molar-refractivity contribution in [3.8, 4) is 5.75 Å². The second kappa shape index (κ2) is 5.93. The van der Waals surface area contributed by atoms with Gasteiger partial charge in [0.05, 0.1) is 0 Å². The molecule has 1 aromatic carbocycles. The van der Waals surface area contributed by atoms with Gasteiger partial charge >= 0.3 is 0 Å². The van der Waals surface area contributed by atoms with Crippen LogP contribution in [0.5, 0.6) is 5.75 Å². The third kappa shape index (κ3) is 2.96. The molecular weight excluding hydrogens is 186 g/mol. The molecule has 0 saturated heterocycles. The molecule has 0 radical (unpaired) electrons. The fourth-order valence-electron chi connectivity index (χ4n) is 0.894. The van der Waals surface area contributed by atoms with Crippen LogP contribution in [0, 0.1) is 5.82 Å². The highest BCUT2D eigenvalue weighted by atomic mass is 31.0. The normalized spacial score (nSPS) is 9.00. The van der Waals surface area contributed by atoms with Gasteiger partial charge in [-0.2, -0.15) is 0 Å². The van der Waals surface area contributed by atoms with Gasteiger partial charge in [-0.25, -0.2) is 4.39 Å². The average molecular weight is 202 g/mol. The topological polar surface area (TPSA) is 20.2 Å². The molecular formula is C10H16FOP. The maximum atomic E-state index is 13.0. The molecule has 1 rings (SSSR count). The van der Waals surface area contributed by atoms with E-state index >= 15 is 0 Å². The Kier molecular flexibility index (Phi) is 5.65. The summed E-state index contributed by atoms with van der Waals surface area (Å²) in [4.78, 5) is 0. The molecule has 1 aromatic rings. The molecule has 0 aliphatic heterocycles. The highest BCUT2D eigenvalue weighted by Crippen LogP contribution is 2.18. The highest BCUT2D eigenvalue weighted by Gasteiger charge is 2.07. The van der Waals surface area contributed by atoms with Crippen LogP contribution >= 0.6 is 9.24 Å². The van der Waals surface area contributed by atoms with Crippen molar-refractivity contribution in [2.45, 2.75) is 27.2 Å². The second-order valence-electron chi connectivity index (χ2n) is 2.33. The van der Waals surface area contributed by atoms with Crippen molar-refractivity contribution in [1.29, 1.82) is 0 Å². The van der Waals surface area contributed by atoms with Crippen molar-refractivity contribution in [3.63, 3.8) is 0 Å². The maximum absolute atomic E-state index is 13.0. The lowest BCUT2D eigenvalue weighted by molar-refractivity contribution is 0.433. The Morgan fingerprint density at radius 2 is 1.92 bits per heavy atom. The van der Waals surface area contributed by atoms with Gasteiger partial charge in [0.15, 0.2) is 11.6 Å². The van der Waals surface area contributed by atoms with Crippen LogP contribution in [0.3, 0.4) is 0 Å². The number of benzene rings is 1. The largest absolute Gasteiger partial charge is 0.504 e. The van der Waals surface area contributed by atoms with Crippen molar-refractivity contribution in [1.82, 2.24) is 0 Å². The molecule has 74 valence electrons. The molecule has 0 saturated carbocycles. The molecule has 0 bridgehead atoms. The summed E-state index contributed by atoms with van der Waals surface area (Å²) in [6, 6.07) is 3.36. The van der Waals surface area contributed by atoms with E-state index in [4.69, 9.17) is 5.11 Å². The van der Waals surface area contributed by atoms with Crippen LogP contribution in [0.2, 0.25) is 0 Å². The van der Waals surface area contributed by atoms with E-state index in [1.165, 1.54) is 0 Å². The summed E-state index contributed by atoms with van der Waals surface area (Å²) in [6.07, 6.45) is 0.602. The summed E-state index contributed by atoms with van der Waals surface area (Å²) in [5.41, 5.74) is 0.550. The van der Waals surface area contributed by atoms with Crippen LogP contribution < -0.4 is 5.30 Å². The number of aryl methyl sites for hydroxylation is 1. The first-order chi connectivity index (χ1) is 6.16. The zero-order valence-electron chi connectivity index (χ0n) is 8.26. The van der Waals surface area contributed by atoms with Crippen molar-refractivity contribution < 1.29 is 9.50 Å². The number of hydrogen-bond donors (Lipinski definition) is 1. The van der Waals surface area contributed by atoms with E-state index in [0.717, 1.165) is 0 Å². The highest BCUT2D eigenvalue weighted by molar-refractivity contribution is 7.27. The zero-order valence-corrected chi connectivity index (χ0v) is 9.42. The monoisotopic (exact) mass is 202 g/mol. The molecule has 0 heterocycles. The second-order valence-corrected chi connectivity index (χ2v) is 2.95. The predicted molar refractivity (Wildman–Crippen MR) is 58.1 cm³/mol. The van der Waals surface area contributed by atoms with Crippen LogP contribution in [0.25, 0.3) is 0 Å². The summed E-state index contributed by atoms with van der Waals surface area (Å²) in [7, 11) is 2.27. The fraction of sp³-hybridized carbons (Fsp3) is 0.400. The minimum atomic E-state index is -0.500. The van der Waals surface area contributed by atoms with Gasteiger partial charge in [-0.05, 0) is 12.0 Å². The molecule has 3 heteroatoms. The third-order valence-corrected chi connectivity index (χ3v) is 2.07. The molecule has 0 aliphatic rings. The van der Waals surface area contributed by atoms with Crippen molar-refractivity contribution in [3.05, 3.63) is 23.5 Å². The number of halogens is 1. The Morgan fingerprint density at radius 3 is 2.38 bits per heavy atom. The summed E-state index contributed by atoms with van der Waals surface area (Å²) < 4.78 is 13.0. The van der Waals surface area contributed by atoms with Crippen LogP contribution in [0.4, 0.5) is 4.39 Å². The van der Waals surface area contributed by atoms with Crippen molar-refractivity contribution in [2.24, 2.45) is 0 Å². The average Bonchev–Trinajstić information content (AvgIpc) is 2.18. The molecule has 1 unspecified atom stereocenters. The standard InChI is InChI=1S/C8H10FOP.C2H6/c1-2-5-3-4-6(11)8(10)7(5)9;1-2/h3-4,10H,2,11H2,1H3;1-2H3. The first-order valence-corrected chi connectivity index (χ1v) is 5.00. The lowest BCUT2D eigenvalue weighted by Gasteiger charge is -2.03. The minimum Gasteiger partial charge on any atom is -0.504 e. The van der Waals surface area contributed by atoms with Gasteiger partial charge in [-0.1, -0.05) is 32.9 Å². The molecule has 0 fully saturated rings. The number of phenols is 1. The molecule has 0 amide bonds. The van der Waals surface area contributed by atoms with Crippen LogP contribution in [-0.2, 0) is 6.42 Å². The molecule has 1 N–H and O–H groups in total. The van der Waals surface area contributed by atoms with Gasteiger partial charge in [0.25, 0.3) is 0 Å². The van der Waals surface area contributed by atoms with E-state index in [-0.39, 0.29) is 5.75 Å². The number of aromatic hydroxyl groups is 1.